The number of hydrogen-bond donors (Lipinski definition) is 3. The smallest absolute Gasteiger partial charge is 0.255 e. The molecule has 1 heterocycles. The van der Waals surface area contributed by atoms with Crippen LogP contribution < -0.4 is 16.0 Å². The van der Waals surface area contributed by atoms with Crippen molar-refractivity contribution in [3.63, 3.8) is 0 Å². The minimum Gasteiger partial charge on any atom is -0.361 e. The summed E-state index contributed by atoms with van der Waals surface area (Å²) in [5, 5.41) is 9.76. The molecule has 168 valence electrons. The van der Waals surface area contributed by atoms with E-state index in [1.165, 1.54) is 0 Å². The fraction of sp³-hybridized carbons (Fsp3) is 0.0741. The molecule has 3 aromatic rings. The molecule has 0 radical (unpaired) electrons. The van der Waals surface area contributed by atoms with Crippen molar-refractivity contribution >= 4 is 40.6 Å². The van der Waals surface area contributed by atoms with Crippen LogP contribution in [0.25, 0.3) is 0 Å². The van der Waals surface area contributed by atoms with Crippen molar-refractivity contribution in [1.82, 2.24) is 5.32 Å². The molecule has 3 aromatic carbocycles. The first-order valence-corrected chi connectivity index (χ1v) is 11.2. The van der Waals surface area contributed by atoms with E-state index in [1.807, 2.05) is 72.8 Å². The standard InChI is InChI=1S/C27H21ClN4O2/c28-20-11-6-18(7-12-20)26(33)30-22-13-8-17(9-14-22)25-31-23-15-10-19(16-24(23)32-25)27(34)29-21-4-2-1-3-5-21/h1-16,23-24H,(H,29,34)(H,30,33)(H,31,32). The van der Waals surface area contributed by atoms with Crippen molar-refractivity contribution in [2.45, 2.75) is 12.1 Å². The molecule has 2 unspecified atom stereocenters. The van der Waals surface area contributed by atoms with Crippen LogP contribution in [0.2, 0.25) is 5.02 Å². The van der Waals surface area contributed by atoms with E-state index in [0.29, 0.717) is 21.8 Å². The van der Waals surface area contributed by atoms with Crippen LogP contribution in [0, 0.1) is 0 Å². The summed E-state index contributed by atoms with van der Waals surface area (Å²) in [4.78, 5) is 29.8. The van der Waals surface area contributed by atoms with Crippen LogP contribution in [0.5, 0.6) is 0 Å². The highest BCUT2D eigenvalue weighted by atomic mass is 35.5. The van der Waals surface area contributed by atoms with E-state index in [9.17, 15) is 9.59 Å². The summed E-state index contributed by atoms with van der Waals surface area (Å²) in [5.41, 5.74) is 3.46. The largest absolute Gasteiger partial charge is 0.361 e. The number of amidine groups is 1. The third kappa shape index (κ3) is 4.77. The van der Waals surface area contributed by atoms with Gasteiger partial charge in [-0.05, 0) is 66.7 Å². The minimum atomic E-state index is -0.205. The second kappa shape index (κ2) is 9.37. The fourth-order valence-electron chi connectivity index (χ4n) is 3.81. The van der Waals surface area contributed by atoms with Crippen molar-refractivity contribution in [3.8, 4) is 0 Å². The number of nitrogens with zero attached hydrogens (tertiary/aromatic N) is 1. The van der Waals surface area contributed by atoms with E-state index in [0.717, 1.165) is 17.1 Å². The molecule has 2 aliphatic rings. The second-order valence-electron chi connectivity index (χ2n) is 7.98. The average Bonchev–Trinajstić information content (AvgIpc) is 3.29. The highest BCUT2D eigenvalue weighted by molar-refractivity contribution is 6.30. The van der Waals surface area contributed by atoms with Crippen LogP contribution in [-0.2, 0) is 4.79 Å². The molecule has 6 nitrogen and oxygen atoms in total. The highest BCUT2D eigenvalue weighted by Gasteiger charge is 2.29. The van der Waals surface area contributed by atoms with Gasteiger partial charge in [0.25, 0.3) is 11.8 Å². The van der Waals surface area contributed by atoms with Gasteiger partial charge in [-0.15, -0.1) is 0 Å². The number of amides is 2. The van der Waals surface area contributed by atoms with E-state index in [-0.39, 0.29) is 23.9 Å². The Morgan fingerprint density at radius 1 is 0.824 bits per heavy atom. The van der Waals surface area contributed by atoms with Crippen LogP contribution in [0.3, 0.4) is 0 Å². The van der Waals surface area contributed by atoms with Gasteiger partial charge in [-0.25, -0.2) is 0 Å². The number of benzene rings is 3. The molecule has 1 aliphatic carbocycles. The average molecular weight is 469 g/mol. The first-order chi connectivity index (χ1) is 16.5. The summed E-state index contributed by atoms with van der Waals surface area (Å²) < 4.78 is 0. The van der Waals surface area contributed by atoms with Crippen LogP contribution in [0.4, 0.5) is 11.4 Å². The molecule has 2 atom stereocenters. The van der Waals surface area contributed by atoms with Crippen LogP contribution >= 0.6 is 11.6 Å². The summed E-state index contributed by atoms with van der Waals surface area (Å²) in [5.74, 6) is 0.386. The zero-order valence-electron chi connectivity index (χ0n) is 18.0. The molecule has 0 saturated heterocycles. The van der Waals surface area contributed by atoms with Crippen molar-refractivity contribution in [2.75, 3.05) is 10.6 Å². The predicted octanol–water partition coefficient (Wildman–Crippen LogP) is 4.81. The number of hydrogen-bond acceptors (Lipinski definition) is 4. The topological polar surface area (TPSA) is 82.6 Å². The lowest BCUT2D eigenvalue weighted by atomic mass is 9.99. The molecular weight excluding hydrogens is 448 g/mol. The first kappa shape index (κ1) is 21.7. The number of aliphatic imine (C=N–C) groups is 1. The molecule has 5 rings (SSSR count). The number of fused-ring (bicyclic) bond motifs is 1. The third-order valence-corrected chi connectivity index (χ3v) is 5.85. The Balaban J connectivity index is 1.22. The van der Waals surface area contributed by atoms with E-state index in [1.54, 1.807) is 24.3 Å². The number of rotatable bonds is 5. The predicted molar refractivity (Wildman–Crippen MR) is 135 cm³/mol. The summed E-state index contributed by atoms with van der Waals surface area (Å²) in [7, 11) is 0. The summed E-state index contributed by atoms with van der Waals surface area (Å²) in [6.45, 7) is 0. The van der Waals surface area contributed by atoms with Gasteiger partial charge in [0.1, 0.15) is 5.84 Å². The molecule has 1 aliphatic heterocycles. The number of carbonyl (C=O) groups is 2. The lowest BCUT2D eigenvalue weighted by Gasteiger charge is -2.18. The lowest BCUT2D eigenvalue weighted by Crippen LogP contribution is -2.35. The molecule has 34 heavy (non-hydrogen) atoms. The quantitative estimate of drug-likeness (QED) is 0.502. The summed E-state index contributed by atoms with van der Waals surface area (Å²) in [6.07, 6.45) is 5.65. The Bertz CT molecular complexity index is 1310. The van der Waals surface area contributed by atoms with Crippen LogP contribution in [0.15, 0.2) is 108 Å². The zero-order valence-corrected chi connectivity index (χ0v) is 18.8. The minimum absolute atomic E-state index is 0.0763. The van der Waals surface area contributed by atoms with E-state index >= 15 is 0 Å². The molecule has 0 spiro atoms. The highest BCUT2D eigenvalue weighted by Crippen LogP contribution is 2.22. The SMILES string of the molecule is O=C(Nc1ccccc1)C1=CC2NC(c3ccc(NC(=O)c4ccc(Cl)cc4)cc3)=NC2C=C1. The Labute approximate surface area is 202 Å². The maximum atomic E-state index is 12.6. The van der Waals surface area contributed by atoms with E-state index < -0.39 is 0 Å². The molecule has 2 amide bonds. The monoisotopic (exact) mass is 468 g/mol. The van der Waals surface area contributed by atoms with E-state index in [2.05, 4.69) is 16.0 Å². The van der Waals surface area contributed by atoms with Crippen LogP contribution in [-0.4, -0.2) is 29.7 Å². The van der Waals surface area contributed by atoms with Gasteiger partial charge in [0.15, 0.2) is 0 Å². The second-order valence-corrected chi connectivity index (χ2v) is 8.41. The Morgan fingerprint density at radius 2 is 1.50 bits per heavy atom. The Morgan fingerprint density at radius 3 is 2.24 bits per heavy atom. The zero-order chi connectivity index (χ0) is 23.5. The first-order valence-electron chi connectivity index (χ1n) is 10.8. The number of carbonyl (C=O) groups excluding carboxylic acids is 2. The molecule has 0 aromatic heterocycles. The van der Waals surface area contributed by atoms with Gasteiger partial charge in [0.2, 0.25) is 0 Å². The van der Waals surface area contributed by atoms with Crippen molar-refractivity contribution in [3.05, 3.63) is 119 Å². The molecular formula is C27H21ClN4O2. The molecule has 0 bridgehead atoms. The normalized spacial score (nSPS) is 18.3. The maximum absolute atomic E-state index is 12.6. The Kier molecular flexibility index (Phi) is 5.97. The molecule has 7 heteroatoms. The van der Waals surface area contributed by atoms with Gasteiger partial charge in [0.05, 0.1) is 12.1 Å². The maximum Gasteiger partial charge on any atom is 0.255 e. The van der Waals surface area contributed by atoms with Gasteiger partial charge in [-0.3, -0.25) is 14.6 Å². The van der Waals surface area contributed by atoms with Crippen LogP contribution in [0.1, 0.15) is 15.9 Å². The number of halogens is 1. The third-order valence-electron chi connectivity index (χ3n) is 5.60. The summed E-state index contributed by atoms with van der Waals surface area (Å²) >= 11 is 5.88. The van der Waals surface area contributed by atoms with Crippen molar-refractivity contribution in [1.29, 1.82) is 0 Å². The number of nitrogens with one attached hydrogen (secondary N) is 3. The van der Waals surface area contributed by atoms with Gasteiger partial charge in [-0.2, -0.15) is 0 Å². The molecule has 0 fully saturated rings. The molecule has 0 saturated carbocycles. The van der Waals surface area contributed by atoms with Crippen molar-refractivity contribution < 1.29 is 9.59 Å². The fourth-order valence-corrected chi connectivity index (χ4v) is 3.94. The van der Waals surface area contributed by atoms with Crippen molar-refractivity contribution in [2.24, 2.45) is 4.99 Å². The van der Waals surface area contributed by atoms with Gasteiger partial charge < -0.3 is 16.0 Å². The molecule has 3 N–H and O–H groups in total. The number of anilines is 2. The van der Waals surface area contributed by atoms with E-state index in [4.69, 9.17) is 16.6 Å². The summed E-state index contributed by atoms with van der Waals surface area (Å²) in [6, 6.07) is 23.4. The number of para-hydroxylation sites is 1. The Hall–Kier alpha value is -4.16. The lowest BCUT2D eigenvalue weighted by molar-refractivity contribution is -0.112. The van der Waals surface area contributed by atoms with Gasteiger partial charge >= 0.3 is 0 Å². The van der Waals surface area contributed by atoms with Gasteiger partial charge in [-0.1, -0.05) is 42.0 Å². The van der Waals surface area contributed by atoms with Gasteiger partial charge in [0, 0.05) is 33.1 Å².